The number of hydrogen-bond donors (Lipinski definition) is 2. The van der Waals surface area contributed by atoms with Gasteiger partial charge in [0.1, 0.15) is 18.1 Å². The lowest BCUT2D eigenvalue weighted by molar-refractivity contribution is -0.151. The first-order valence-corrected chi connectivity index (χ1v) is 13.5. The molecule has 1 aliphatic heterocycles. The number of aliphatic hydroxyl groups excluding tert-OH is 1. The molecule has 1 fully saturated rings. The lowest BCUT2D eigenvalue weighted by Crippen LogP contribution is -2.30. The average Bonchev–Trinajstić information content (AvgIpc) is 3.06. The number of rotatable bonds is 10. The lowest BCUT2D eigenvalue weighted by Gasteiger charge is -2.24. The van der Waals surface area contributed by atoms with Gasteiger partial charge in [-0.05, 0) is 38.2 Å². The number of aromatic amines is 1. The van der Waals surface area contributed by atoms with E-state index in [1.165, 1.54) is 16.8 Å². The topological polar surface area (TPSA) is 129 Å². The Morgan fingerprint density at radius 2 is 1.94 bits per heavy atom. The van der Waals surface area contributed by atoms with Crippen LogP contribution in [0.4, 0.5) is 0 Å². The smallest absolute Gasteiger partial charge is 0.380 e. The Balaban J connectivity index is 1.75. The van der Waals surface area contributed by atoms with Crippen molar-refractivity contribution in [3.05, 3.63) is 57.7 Å². The first-order valence-electron chi connectivity index (χ1n) is 11.3. The number of H-pyrrole nitrogens is 1. The molecule has 35 heavy (non-hydrogen) atoms. The van der Waals surface area contributed by atoms with E-state index in [1.54, 1.807) is 58.0 Å². The maximum absolute atomic E-state index is 13.7. The molecular weight excluding hydrogens is 495 g/mol. The highest BCUT2D eigenvalue weighted by Gasteiger charge is 2.44. The van der Waals surface area contributed by atoms with Gasteiger partial charge in [0.15, 0.2) is 4.77 Å². The minimum absolute atomic E-state index is 0.152. The van der Waals surface area contributed by atoms with E-state index in [-0.39, 0.29) is 29.2 Å². The van der Waals surface area contributed by atoms with Crippen LogP contribution in [0.25, 0.3) is 0 Å². The predicted octanol–water partition coefficient (Wildman–Crippen LogP) is 3.68. The van der Waals surface area contributed by atoms with Crippen molar-refractivity contribution in [2.24, 2.45) is 11.8 Å². The van der Waals surface area contributed by atoms with Crippen molar-refractivity contribution in [3.8, 4) is 5.75 Å². The molecule has 0 amide bonds. The molecular formula is C23H31N2O8PS. The molecule has 1 unspecified atom stereocenters. The quantitative estimate of drug-likeness (QED) is 0.271. The van der Waals surface area contributed by atoms with Crippen molar-refractivity contribution in [3.63, 3.8) is 0 Å². The summed E-state index contributed by atoms with van der Waals surface area (Å²) in [4.78, 5) is 26.4. The molecule has 0 aliphatic carbocycles. The molecule has 2 heterocycles. The van der Waals surface area contributed by atoms with Crippen LogP contribution in [0.2, 0.25) is 0 Å². The maximum Gasteiger partial charge on any atom is 0.380 e. The van der Waals surface area contributed by atoms with Crippen molar-refractivity contribution in [2.75, 3.05) is 12.8 Å². The van der Waals surface area contributed by atoms with Crippen LogP contribution in [0.15, 0.2) is 47.4 Å². The van der Waals surface area contributed by atoms with Gasteiger partial charge in [-0.25, -0.2) is 4.57 Å². The summed E-state index contributed by atoms with van der Waals surface area (Å²) < 4.78 is 38.1. The van der Waals surface area contributed by atoms with E-state index in [9.17, 15) is 19.3 Å². The number of esters is 1. The third-order valence-corrected chi connectivity index (χ3v) is 7.82. The molecule has 0 spiro atoms. The van der Waals surface area contributed by atoms with E-state index in [0.717, 1.165) is 0 Å². The molecule has 1 saturated heterocycles. The third-order valence-electron chi connectivity index (χ3n) is 5.48. The van der Waals surface area contributed by atoms with Crippen molar-refractivity contribution >= 4 is 25.8 Å². The second-order valence-electron chi connectivity index (χ2n) is 8.81. The van der Waals surface area contributed by atoms with E-state index in [2.05, 4.69) is 4.98 Å². The van der Waals surface area contributed by atoms with Crippen LogP contribution in [-0.2, 0) is 23.4 Å². The zero-order valence-corrected chi connectivity index (χ0v) is 21.7. The largest absolute Gasteiger partial charge is 0.463 e. The van der Waals surface area contributed by atoms with Crippen molar-refractivity contribution in [1.29, 1.82) is 0 Å². The van der Waals surface area contributed by atoms with Gasteiger partial charge in [-0.2, -0.15) is 0 Å². The highest BCUT2D eigenvalue weighted by Crippen LogP contribution is 2.51. The van der Waals surface area contributed by atoms with Gasteiger partial charge in [-0.15, -0.1) is 0 Å². The number of para-hydroxylation sites is 1. The predicted molar refractivity (Wildman–Crippen MR) is 131 cm³/mol. The molecule has 12 heteroatoms. The minimum atomic E-state index is -3.87. The molecule has 2 N–H and O–H groups in total. The molecule has 1 aromatic heterocycles. The third kappa shape index (κ3) is 7.11. The molecule has 192 valence electrons. The summed E-state index contributed by atoms with van der Waals surface area (Å²) in [6.45, 7) is 6.56. The second-order valence-corrected chi connectivity index (χ2v) is 11.2. The highest BCUT2D eigenvalue weighted by molar-refractivity contribution is 7.71. The summed E-state index contributed by atoms with van der Waals surface area (Å²) in [6.07, 6.45) is -1.54. The fraction of sp³-hybridized carbons (Fsp3) is 0.522. The molecule has 3 rings (SSSR count). The Labute approximate surface area is 208 Å². The fourth-order valence-corrected chi connectivity index (χ4v) is 5.81. The number of nitrogens with zero attached hydrogens (tertiary/aromatic N) is 1. The summed E-state index contributed by atoms with van der Waals surface area (Å²) in [7, 11) is -3.87. The number of hydrogen-bond acceptors (Lipinski definition) is 9. The van der Waals surface area contributed by atoms with Gasteiger partial charge in [0, 0.05) is 18.2 Å². The normalized spacial score (nSPS) is 24.6. The van der Waals surface area contributed by atoms with Gasteiger partial charge in [0.2, 0.25) is 0 Å². The van der Waals surface area contributed by atoms with Crippen LogP contribution in [0.1, 0.15) is 33.9 Å². The van der Waals surface area contributed by atoms with Gasteiger partial charge in [0.25, 0.3) is 5.56 Å². The Morgan fingerprint density at radius 1 is 1.26 bits per heavy atom. The number of carbonyl (C=O) groups is 1. The molecule has 10 nitrogen and oxygen atoms in total. The molecule has 0 saturated carbocycles. The Bertz CT molecular complexity index is 1170. The highest BCUT2D eigenvalue weighted by atomic mass is 32.1. The second kappa shape index (κ2) is 11.6. The summed E-state index contributed by atoms with van der Waals surface area (Å²) in [5.41, 5.74) is -0.346. The molecule has 1 aromatic carbocycles. The van der Waals surface area contributed by atoms with Crippen molar-refractivity contribution < 1.29 is 33.0 Å². The van der Waals surface area contributed by atoms with Crippen molar-refractivity contribution in [2.45, 2.75) is 52.2 Å². The summed E-state index contributed by atoms with van der Waals surface area (Å²) in [5.74, 6) is -1.36. The maximum atomic E-state index is 13.7. The van der Waals surface area contributed by atoms with Crippen LogP contribution in [-0.4, -0.2) is 51.7 Å². The van der Waals surface area contributed by atoms with E-state index >= 15 is 0 Å². The summed E-state index contributed by atoms with van der Waals surface area (Å²) >= 11 is 5.21. The van der Waals surface area contributed by atoms with Crippen LogP contribution >= 0.6 is 19.8 Å². The lowest BCUT2D eigenvalue weighted by atomic mass is 10.0. The number of carbonyl (C=O) groups excluding carboxylic acids is 1. The SMILES string of the molecule is CC(C)OC(=O)[C@H](C)C[P@@](=O)(OC[C@H]1O[C@@H](n2ccc(=O)[nH]c2=S)C(C)[C@H]1O)Oc1ccccc1. The van der Waals surface area contributed by atoms with Gasteiger partial charge >= 0.3 is 13.6 Å². The van der Waals surface area contributed by atoms with E-state index < -0.39 is 43.8 Å². The van der Waals surface area contributed by atoms with Crippen molar-refractivity contribution in [1.82, 2.24) is 9.55 Å². The van der Waals surface area contributed by atoms with Crippen LogP contribution in [0.5, 0.6) is 5.75 Å². The zero-order valence-electron chi connectivity index (χ0n) is 20.0. The Morgan fingerprint density at radius 3 is 2.57 bits per heavy atom. The first kappa shape index (κ1) is 27.3. The standard InChI is InChI=1S/C23H31N2O8PS/c1-14(2)31-22(28)15(3)13-34(29,33-17-8-6-5-7-9-17)30-12-18-20(27)16(4)21(32-18)25-11-10-19(26)24-23(25)35/h5-11,14-16,18,20-21,27H,12-13H2,1-4H3,(H,24,26,35)/t15-,16?,18-,20-,21-,34-/m1/s1. The van der Waals surface area contributed by atoms with Crippen LogP contribution < -0.4 is 10.1 Å². The molecule has 1 aliphatic rings. The number of ether oxygens (including phenoxy) is 2. The first-order chi connectivity index (χ1) is 16.5. The average molecular weight is 527 g/mol. The summed E-state index contributed by atoms with van der Waals surface area (Å²) in [5, 5.41) is 10.8. The van der Waals surface area contributed by atoms with Gasteiger partial charge < -0.3 is 19.1 Å². The molecule has 0 bridgehead atoms. The number of benzene rings is 1. The Hall–Kier alpha value is -2.30. The monoisotopic (exact) mass is 526 g/mol. The molecule has 2 aromatic rings. The van der Waals surface area contributed by atoms with Gasteiger partial charge in [-0.3, -0.25) is 23.7 Å². The van der Waals surface area contributed by atoms with E-state index in [1.807, 2.05) is 0 Å². The molecule has 0 radical (unpaired) electrons. The molecule has 6 atom stereocenters. The van der Waals surface area contributed by atoms with Crippen LogP contribution in [0.3, 0.4) is 0 Å². The zero-order chi connectivity index (χ0) is 25.8. The van der Waals surface area contributed by atoms with Gasteiger partial charge in [-0.1, -0.05) is 32.0 Å². The Kier molecular flexibility index (Phi) is 9.06. The fourth-order valence-electron chi connectivity index (χ4n) is 3.68. The number of aromatic nitrogens is 2. The number of nitrogens with one attached hydrogen (secondary N) is 1. The van der Waals surface area contributed by atoms with E-state index in [0.29, 0.717) is 5.75 Å². The van der Waals surface area contributed by atoms with E-state index in [4.69, 9.17) is 30.7 Å². The minimum Gasteiger partial charge on any atom is -0.463 e. The van der Waals surface area contributed by atoms with Gasteiger partial charge in [0.05, 0.1) is 30.9 Å². The van der Waals surface area contributed by atoms with Crippen LogP contribution in [0, 0.1) is 16.6 Å². The number of aliphatic hydroxyl groups is 1. The summed E-state index contributed by atoms with van der Waals surface area (Å²) in [6, 6.07) is 9.79.